The van der Waals surface area contributed by atoms with Crippen LogP contribution in [0, 0.1) is 10.8 Å². The van der Waals surface area contributed by atoms with Gasteiger partial charge in [-0.3, -0.25) is 4.79 Å². The molecule has 0 atom stereocenters. The Morgan fingerprint density at radius 2 is 1.86 bits per heavy atom. The minimum Gasteiger partial charge on any atom is -0.396 e. The summed E-state index contributed by atoms with van der Waals surface area (Å²) >= 11 is 5.66. The van der Waals surface area contributed by atoms with Crippen LogP contribution in [0.3, 0.4) is 0 Å². The van der Waals surface area contributed by atoms with E-state index in [1.165, 1.54) is 0 Å². The second-order valence-electron chi connectivity index (χ2n) is 5.02. The standard InChI is InChI=1S/C10H20ClNO2/c1-9(2,7-13)6-12-8(14)10(3,4)5-11/h13H,5-7H2,1-4H3,(H,12,14). The molecule has 0 heterocycles. The fraction of sp³-hybridized carbons (Fsp3) is 0.900. The fourth-order valence-electron chi connectivity index (χ4n) is 0.675. The van der Waals surface area contributed by atoms with Crippen molar-refractivity contribution in [1.82, 2.24) is 5.32 Å². The molecule has 0 radical (unpaired) electrons. The van der Waals surface area contributed by atoms with E-state index in [0.29, 0.717) is 12.4 Å². The molecule has 0 rings (SSSR count). The van der Waals surface area contributed by atoms with E-state index in [1.54, 1.807) is 13.8 Å². The van der Waals surface area contributed by atoms with Crippen LogP contribution < -0.4 is 5.32 Å². The van der Waals surface area contributed by atoms with Crippen LogP contribution in [0.1, 0.15) is 27.7 Å². The van der Waals surface area contributed by atoms with Crippen LogP contribution in [-0.2, 0) is 4.79 Å². The summed E-state index contributed by atoms with van der Waals surface area (Å²) in [6.07, 6.45) is 0. The van der Waals surface area contributed by atoms with E-state index in [4.69, 9.17) is 16.7 Å². The molecule has 14 heavy (non-hydrogen) atoms. The number of carbonyl (C=O) groups excluding carboxylic acids is 1. The van der Waals surface area contributed by atoms with E-state index < -0.39 is 5.41 Å². The highest BCUT2D eigenvalue weighted by Crippen LogP contribution is 2.18. The Morgan fingerprint density at radius 3 is 2.21 bits per heavy atom. The second-order valence-corrected chi connectivity index (χ2v) is 5.29. The molecule has 0 aliphatic rings. The Hall–Kier alpha value is -0.280. The lowest BCUT2D eigenvalue weighted by Gasteiger charge is -2.26. The molecule has 0 fully saturated rings. The number of hydrogen-bond donors (Lipinski definition) is 2. The Bertz CT molecular complexity index is 202. The zero-order valence-corrected chi connectivity index (χ0v) is 10.1. The topological polar surface area (TPSA) is 49.3 Å². The largest absolute Gasteiger partial charge is 0.396 e. The highest BCUT2D eigenvalue weighted by Gasteiger charge is 2.28. The summed E-state index contributed by atoms with van der Waals surface area (Å²) in [5.41, 5.74) is -0.828. The monoisotopic (exact) mass is 221 g/mol. The van der Waals surface area contributed by atoms with Gasteiger partial charge in [-0.1, -0.05) is 13.8 Å². The van der Waals surface area contributed by atoms with E-state index in [9.17, 15) is 4.79 Å². The molecule has 0 aromatic carbocycles. The summed E-state index contributed by atoms with van der Waals surface area (Å²) in [7, 11) is 0. The molecule has 3 nitrogen and oxygen atoms in total. The zero-order chi connectivity index (χ0) is 11.4. The first kappa shape index (κ1) is 13.7. The molecule has 4 heteroatoms. The quantitative estimate of drug-likeness (QED) is 0.690. The first-order valence-corrected chi connectivity index (χ1v) is 5.24. The minimum atomic E-state index is -0.549. The molecule has 0 saturated carbocycles. The number of aliphatic hydroxyl groups is 1. The number of aliphatic hydroxyl groups excluding tert-OH is 1. The van der Waals surface area contributed by atoms with Crippen LogP contribution in [0.2, 0.25) is 0 Å². The lowest BCUT2D eigenvalue weighted by molar-refractivity contribution is -0.128. The van der Waals surface area contributed by atoms with Crippen LogP contribution in [-0.4, -0.2) is 30.0 Å². The third kappa shape index (κ3) is 4.29. The summed E-state index contributed by atoms with van der Waals surface area (Å²) in [5, 5.41) is 11.8. The van der Waals surface area contributed by atoms with Gasteiger partial charge < -0.3 is 10.4 Å². The van der Waals surface area contributed by atoms with E-state index >= 15 is 0 Å². The molecule has 0 spiro atoms. The van der Waals surface area contributed by atoms with E-state index in [0.717, 1.165) is 0 Å². The summed E-state index contributed by atoms with van der Waals surface area (Å²) in [6.45, 7) is 7.88. The Balaban J connectivity index is 4.10. The Morgan fingerprint density at radius 1 is 1.36 bits per heavy atom. The van der Waals surface area contributed by atoms with Crippen molar-refractivity contribution in [3.63, 3.8) is 0 Å². The van der Waals surface area contributed by atoms with Gasteiger partial charge >= 0.3 is 0 Å². The zero-order valence-electron chi connectivity index (χ0n) is 9.35. The van der Waals surface area contributed by atoms with Crippen molar-refractivity contribution < 1.29 is 9.90 Å². The van der Waals surface area contributed by atoms with Gasteiger partial charge in [-0.05, 0) is 13.8 Å². The minimum absolute atomic E-state index is 0.0502. The maximum atomic E-state index is 11.6. The third-order valence-electron chi connectivity index (χ3n) is 2.10. The number of halogens is 1. The predicted molar refractivity (Wildman–Crippen MR) is 58.4 cm³/mol. The van der Waals surface area contributed by atoms with Crippen molar-refractivity contribution in [3.8, 4) is 0 Å². The lowest BCUT2D eigenvalue weighted by Crippen LogP contribution is -2.43. The normalized spacial score (nSPS) is 12.7. The van der Waals surface area contributed by atoms with Crippen molar-refractivity contribution in [2.24, 2.45) is 10.8 Å². The van der Waals surface area contributed by atoms with E-state index in [-0.39, 0.29) is 17.9 Å². The number of alkyl halides is 1. The van der Waals surface area contributed by atoms with E-state index in [1.807, 2.05) is 13.8 Å². The van der Waals surface area contributed by atoms with Crippen LogP contribution in [0.15, 0.2) is 0 Å². The van der Waals surface area contributed by atoms with Crippen molar-refractivity contribution in [1.29, 1.82) is 0 Å². The number of nitrogens with one attached hydrogen (secondary N) is 1. The molecule has 2 N–H and O–H groups in total. The van der Waals surface area contributed by atoms with Gasteiger partial charge in [0.05, 0.1) is 5.41 Å². The summed E-state index contributed by atoms with van der Waals surface area (Å²) < 4.78 is 0. The molecule has 0 aromatic rings. The van der Waals surface area contributed by atoms with Crippen molar-refractivity contribution >= 4 is 17.5 Å². The highest BCUT2D eigenvalue weighted by molar-refractivity contribution is 6.19. The number of hydrogen-bond acceptors (Lipinski definition) is 2. The molecule has 0 aliphatic heterocycles. The van der Waals surface area contributed by atoms with Gasteiger partial charge in [-0.25, -0.2) is 0 Å². The van der Waals surface area contributed by atoms with Gasteiger partial charge in [0.1, 0.15) is 0 Å². The summed E-state index contributed by atoms with van der Waals surface area (Å²) in [4.78, 5) is 11.6. The van der Waals surface area contributed by atoms with Crippen LogP contribution in [0.25, 0.3) is 0 Å². The molecule has 0 unspecified atom stereocenters. The van der Waals surface area contributed by atoms with Crippen LogP contribution >= 0.6 is 11.6 Å². The Labute approximate surface area is 90.8 Å². The predicted octanol–water partition coefficient (Wildman–Crippen LogP) is 1.39. The highest BCUT2D eigenvalue weighted by atomic mass is 35.5. The first-order chi connectivity index (χ1) is 6.25. The average Bonchev–Trinajstić information content (AvgIpc) is 2.14. The molecule has 0 saturated heterocycles. The molecule has 84 valence electrons. The van der Waals surface area contributed by atoms with Gasteiger partial charge in [0.25, 0.3) is 0 Å². The maximum Gasteiger partial charge on any atom is 0.226 e. The number of rotatable bonds is 5. The van der Waals surface area contributed by atoms with E-state index in [2.05, 4.69) is 5.32 Å². The Kier molecular flexibility index (Phi) is 4.89. The third-order valence-corrected chi connectivity index (χ3v) is 2.77. The summed E-state index contributed by atoms with van der Waals surface area (Å²) in [6, 6.07) is 0. The van der Waals surface area contributed by atoms with Crippen LogP contribution in [0.5, 0.6) is 0 Å². The van der Waals surface area contributed by atoms with Gasteiger partial charge in [0.15, 0.2) is 0 Å². The fourth-order valence-corrected chi connectivity index (χ4v) is 0.797. The van der Waals surface area contributed by atoms with Gasteiger partial charge in [-0.15, -0.1) is 11.6 Å². The smallest absolute Gasteiger partial charge is 0.226 e. The molecule has 0 aliphatic carbocycles. The first-order valence-electron chi connectivity index (χ1n) is 4.70. The number of amides is 1. The second kappa shape index (κ2) is 4.99. The van der Waals surface area contributed by atoms with Crippen molar-refractivity contribution in [2.75, 3.05) is 19.0 Å². The van der Waals surface area contributed by atoms with Gasteiger partial charge in [-0.2, -0.15) is 0 Å². The van der Waals surface area contributed by atoms with Crippen LogP contribution in [0.4, 0.5) is 0 Å². The molecular weight excluding hydrogens is 202 g/mol. The van der Waals surface area contributed by atoms with Crippen molar-refractivity contribution in [3.05, 3.63) is 0 Å². The molecule has 1 amide bonds. The van der Waals surface area contributed by atoms with Gasteiger partial charge in [0.2, 0.25) is 5.91 Å². The SMILES string of the molecule is CC(C)(CO)CNC(=O)C(C)(C)CCl. The lowest BCUT2D eigenvalue weighted by atomic mass is 9.92. The average molecular weight is 222 g/mol. The maximum absolute atomic E-state index is 11.6. The van der Waals surface area contributed by atoms with Gasteiger partial charge in [0, 0.05) is 24.4 Å². The number of carbonyl (C=O) groups is 1. The summed E-state index contributed by atoms with van der Waals surface area (Å²) in [5.74, 6) is 0.215. The molecule has 0 bridgehead atoms. The molecule has 0 aromatic heterocycles. The van der Waals surface area contributed by atoms with Crippen molar-refractivity contribution in [2.45, 2.75) is 27.7 Å². The molecular formula is C10H20ClNO2.